The highest BCUT2D eigenvalue weighted by molar-refractivity contribution is 5.35. The maximum absolute atomic E-state index is 13.1. The van der Waals surface area contributed by atoms with E-state index in [4.69, 9.17) is 0 Å². The number of aromatic nitrogens is 3. The van der Waals surface area contributed by atoms with Crippen LogP contribution in [0.15, 0.2) is 24.7 Å². The lowest BCUT2D eigenvalue weighted by molar-refractivity contribution is 0.614. The summed E-state index contributed by atoms with van der Waals surface area (Å²) < 4.78 is 14.9. The van der Waals surface area contributed by atoms with Crippen molar-refractivity contribution < 1.29 is 4.39 Å². The fourth-order valence-electron chi connectivity index (χ4n) is 1.61. The summed E-state index contributed by atoms with van der Waals surface area (Å²) in [5.41, 5.74) is 0.809. The molecule has 5 heteroatoms. The Bertz CT molecular complexity index is 492. The van der Waals surface area contributed by atoms with Crippen molar-refractivity contribution in [3.05, 3.63) is 41.9 Å². The van der Waals surface area contributed by atoms with Gasteiger partial charge in [-0.25, -0.2) is 14.4 Å². The van der Waals surface area contributed by atoms with E-state index in [0.29, 0.717) is 12.4 Å². The topological polar surface area (TPSA) is 42.7 Å². The van der Waals surface area contributed by atoms with Gasteiger partial charge in [0.15, 0.2) is 0 Å². The van der Waals surface area contributed by atoms with Gasteiger partial charge in [-0.3, -0.25) is 4.57 Å². The lowest BCUT2D eigenvalue weighted by atomic mass is 10.2. The number of pyridine rings is 1. The third-order valence-corrected chi connectivity index (χ3v) is 2.33. The lowest BCUT2D eigenvalue weighted by Crippen LogP contribution is -2.11. The fraction of sp³-hybridized carbons (Fsp3) is 0.273. The van der Waals surface area contributed by atoms with E-state index in [1.807, 2.05) is 24.7 Å². The second-order valence-corrected chi connectivity index (χ2v) is 3.51. The molecule has 4 nitrogen and oxygen atoms in total. The minimum atomic E-state index is -0.327. The molecule has 0 amide bonds. The first-order chi connectivity index (χ1) is 7.72. The predicted octanol–water partition coefficient (Wildman–Crippen LogP) is 1.43. The summed E-state index contributed by atoms with van der Waals surface area (Å²) in [4.78, 5) is 8.23. The van der Waals surface area contributed by atoms with Crippen molar-refractivity contribution in [3.63, 3.8) is 0 Å². The van der Waals surface area contributed by atoms with E-state index in [1.165, 1.54) is 12.3 Å². The van der Waals surface area contributed by atoms with Gasteiger partial charge in [0.25, 0.3) is 0 Å². The van der Waals surface area contributed by atoms with Gasteiger partial charge in [-0.15, -0.1) is 0 Å². The molecule has 0 saturated heterocycles. The molecule has 16 heavy (non-hydrogen) atoms. The highest BCUT2D eigenvalue weighted by Crippen LogP contribution is 2.14. The van der Waals surface area contributed by atoms with Gasteiger partial charge in [0.2, 0.25) is 0 Å². The Labute approximate surface area is 93.2 Å². The smallest absolute Gasteiger partial charge is 0.142 e. The van der Waals surface area contributed by atoms with Crippen LogP contribution in [0.3, 0.4) is 0 Å². The summed E-state index contributed by atoms with van der Waals surface area (Å²) in [6.45, 7) is 2.45. The van der Waals surface area contributed by atoms with Crippen LogP contribution in [-0.2, 0) is 6.54 Å². The molecule has 0 aromatic carbocycles. The Balaban J connectivity index is 2.51. The van der Waals surface area contributed by atoms with Crippen molar-refractivity contribution in [1.29, 1.82) is 0 Å². The van der Waals surface area contributed by atoms with Crippen molar-refractivity contribution in [3.8, 4) is 5.82 Å². The number of hydrogen-bond donors (Lipinski definition) is 1. The maximum atomic E-state index is 13.1. The second kappa shape index (κ2) is 4.40. The number of rotatable bonds is 3. The molecule has 0 unspecified atom stereocenters. The van der Waals surface area contributed by atoms with E-state index < -0.39 is 0 Å². The summed E-state index contributed by atoms with van der Waals surface area (Å²) in [7, 11) is 1.81. The molecule has 2 heterocycles. The lowest BCUT2D eigenvalue weighted by Gasteiger charge is -2.10. The predicted molar refractivity (Wildman–Crippen MR) is 58.8 cm³/mol. The van der Waals surface area contributed by atoms with E-state index in [9.17, 15) is 4.39 Å². The molecular weight excluding hydrogens is 207 g/mol. The van der Waals surface area contributed by atoms with Crippen molar-refractivity contribution >= 4 is 0 Å². The Morgan fingerprint density at radius 3 is 2.88 bits per heavy atom. The molecule has 2 aromatic heterocycles. The van der Waals surface area contributed by atoms with E-state index in [0.717, 1.165) is 11.4 Å². The zero-order chi connectivity index (χ0) is 11.5. The van der Waals surface area contributed by atoms with Gasteiger partial charge >= 0.3 is 0 Å². The minimum absolute atomic E-state index is 0.327. The van der Waals surface area contributed by atoms with Crippen LogP contribution in [0.25, 0.3) is 5.82 Å². The Morgan fingerprint density at radius 1 is 1.44 bits per heavy atom. The molecule has 0 aliphatic rings. The molecule has 0 spiro atoms. The van der Waals surface area contributed by atoms with Gasteiger partial charge < -0.3 is 5.32 Å². The van der Waals surface area contributed by atoms with Crippen LogP contribution >= 0.6 is 0 Å². The summed E-state index contributed by atoms with van der Waals surface area (Å²) >= 11 is 0. The number of hydrogen-bond acceptors (Lipinski definition) is 3. The number of aryl methyl sites for hydroxylation is 1. The van der Waals surface area contributed by atoms with E-state index in [2.05, 4.69) is 15.3 Å². The number of nitrogens with zero attached hydrogens (tertiary/aromatic N) is 3. The highest BCUT2D eigenvalue weighted by atomic mass is 19.1. The second-order valence-electron chi connectivity index (χ2n) is 3.51. The molecule has 0 fully saturated rings. The number of halogens is 1. The van der Waals surface area contributed by atoms with Crippen LogP contribution in [0, 0.1) is 12.7 Å². The maximum Gasteiger partial charge on any atom is 0.142 e. The van der Waals surface area contributed by atoms with Gasteiger partial charge in [-0.2, -0.15) is 0 Å². The van der Waals surface area contributed by atoms with Crippen LogP contribution in [0.2, 0.25) is 0 Å². The molecule has 84 valence electrons. The average molecular weight is 220 g/mol. The Kier molecular flexibility index (Phi) is 2.96. The zero-order valence-electron chi connectivity index (χ0n) is 9.24. The van der Waals surface area contributed by atoms with Crippen LogP contribution in [0.1, 0.15) is 11.4 Å². The average Bonchev–Trinajstić information content (AvgIpc) is 2.65. The fourth-order valence-corrected chi connectivity index (χ4v) is 1.61. The summed E-state index contributed by atoms with van der Waals surface area (Å²) in [5.74, 6) is 1.22. The van der Waals surface area contributed by atoms with Gasteiger partial charge in [0, 0.05) is 24.5 Å². The first-order valence-electron chi connectivity index (χ1n) is 5.01. The van der Waals surface area contributed by atoms with E-state index in [-0.39, 0.29) is 5.82 Å². The quantitative estimate of drug-likeness (QED) is 0.851. The molecule has 2 rings (SSSR count). The molecule has 0 radical (unpaired) electrons. The van der Waals surface area contributed by atoms with Crippen molar-refractivity contribution in [2.24, 2.45) is 0 Å². The largest absolute Gasteiger partial charge is 0.316 e. The first kappa shape index (κ1) is 10.8. The van der Waals surface area contributed by atoms with E-state index in [1.54, 1.807) is 6.20 Å². The Morgan fingerprint density at radius 2 is 2.25 bits per heavy atom. The zero-order valence-corrected chi connectivity index (χ0v) is 9.24. The molecular formula is C11H13FN4. The van der Waals surface area contributed by atoms with Gasteiger partial charge in [-0.1, -0.05) is 0 Å². The normalized spacial score (nSPS) is 10.7. The van der Waals surface area contributed by atoms with Crippen molar-refractivity contribution in [2.75, 3.05) is 7.05 Å². The summed E-state index contributed by atoms with van der Waals surface area (Å²) in [6, 6.07) is 1.48. The third kappa shape index (κ3) is 1.94. The standard InChI is InChI=1S/C11H13FN4/c1-8-14-3-4-16(8)11-9(6-13-2)5-10(12)7-15-11/h3-5,7,13H,6H2,1-2H3. The first-order valence-corrected chi connectivity index (χ1v) is 5.01. The molecule has 0 aliphatic heterocycles. The van der Waals surface area contributed by atoms with Crippen molar-refractivity contribution in [1.82, 2.24) is 19.9 Å². The van der Waals surface area contributed by atoms with Crippen LogP contribution in [0.5, 0.6) is 0 Å². The molecule has 1 N–H and O–H groups in total. The SMILES string of the molecule is CNCc1cc(F)cnc1-n1ccnc1C. The van der Waals surface area contributed by atoms with E-state index >= 15 is 0 Å². The molecule has 0 saturated carbocycles. The monoisotopic (exact) mass is 220 g/mol. The molecule has 2 aromatic rings. The van der Waals surface area contributed by atoms with Crippen LogP contribution < -0.4 is 5.32 Å². The van der Waals surface area contributed by atoms with Gasteiger partial charge in [-0.05, 0) is 20.0 Å². The summed E-state index contributed by atoms with van der Waals surface area (Å²) in [5, 5.41) is 2.99. The van der Waals surface area contributed by atoms with Gasteiger partial charge in [0.1, 0.15) is 17.5 Å². The van der Waals surface area contributed by atoms with Crippen molar-refractivity contribution in [2.45, 2.75) is 13.5 Å². The van der Waals surface area contributed by atoms with Gasteiger partial charge in [0.05, 0.1) is 6.20 Å². The molecule has 0 aliphatic carbocycles. The van der Waals surface area contributed by atoms with Crippen LogP contribution in [-0.4, -0.2) is 21.6 Å². The third-order valence-electron chi connectivity index (χ3n) is 2.33. The minimum Gasteiger partial charge on any atom is -0.316 e. The number of nitrogens with one attached hydrogen (secondary N) is 1. The van der Waals surface area contributed by atoms with Crippen LogP contribution in [0.4, 0.5) is 4.39 Å². The highest BCUT2D eigenvalue weighted by Gasteiger charge is 2.09. The molecule has 0 bridgehead atoms. The Hall–Kier alpha value is -1.75. The summed E-state index contributed by atoms with van der Waals surface area (Å²) in [6.07, 6.45) is 4.73. The molecule has 0 atom stereocenters. The number of imidazole rings is 1.